The summed E-state index contributed by atoms with van der Waals surface area (Å²) < 4.78 is 4.59. The lowest BCUT2D eigenvalue weighted by atomic mass is 9.92. The van der Waals surface area contributed by atoms with Crippen LogP contribution in [0.1, 0.15) is 5.56 Å². The lowest BCUT2D eigenvalue weighted by molar-refractivity contribution is 1.01. The van der Waals surface area contributed by atoms with Gasteiger partial charge in [0.25, 0.3) is 0 Å². The van der Waals surface area contributed by atoms with Crippen molar-refractivity contribution in [3.63, 3.8) is 0 Å². The van der Waals surface area contributed by atoms with E-state index in [4.69, 9.17) is 0 Å². The molecule has 2 heterocycles. The van der Waals surface area contributed by atoms with Crippen molar-refractivity contribution in [3.8, 4) is 33.4 Å². The number of hydrogen-bond donors (Lipinski definition) is 0. The molecule has 2 heteroatoms. The molecule has 42 heavy (non-hydrogen) atoms. The van der Waals surface area contributed by atoms with E-state index in [1.54, 1.807) is 0 Å². The summed E-state index contributed by atoms with van der Waals surface area (Å²) in [5.74, 6) is 0. The topological polar surface area (TPSA) is 9.86 Å². The zero-order valence-electron chi connectivity index (χ0n) is 23.8. The summed E-state index contributed by atoms with van der Waals surface area (Å²) in [7, 11) is 4.31. The largest absolute Gasteiger partial charge is 0.344 e. The van der Waals surface area contributed by atoms with Crippen LogP contribution in [0.15, 0.2) is 134 Å². The van der Waals surface area contributed by atoms with Crippen LogP contribution in [-0.4, -0.2) is 9.13 Å². The van der Waals surface area contributed by atoms with Crippen LogP contribution in [0, 0.1) is 0 Å². The minimum absolute atomic E-state index is 1.12. The fourth-order valence-electron chi connectivity index (χ4n) is 6.66. The SMILES string of the molecule is C=Cc1cccc(-c2cc(-c3ccc4c(c3)c3ccccc3n4C)cc(-c3ccc4c5ccccc5n(C)c4c3)c2)c1. The van der Waals surface area contributed by atoms with E-state index >= 15 is 0 Å². The third-order valence-corrected chi connectivity index (χ3v) is 8.88. The molecule has 0 aliphatic rings. The summed E-state index contributed by atoms with van der Waals surface area (Å²) >= 11 is 0. The molecule has 0 amide bonds. The van der Waals surface area contributed by atoms with Crippen LogP contribution in [-0.2, 0) is 14.1 Å². The molecule has 0 atom stereocenters. The van der Waals surface area contributed by atoms with Crippen molar-refractivity contribution in [3.05, 3.63) is 140 Å². The van der Waals surface area contributed by atoms with E-state index in [0.717, 1.165) is 5.56 Å². The molecule has 0 bridgehead atoms. The van der Waals surface area contributed by atoms with Crippen LogP contribution < -0.4 is 0 Å². The van der Waals surface area contributed by atoms with Crippen LogP contribution in [0.3, 0.4) is 0 Å². The van der Waals surface area contributed by atoms with E-state index in [-0.39, 0.29) is 0 Å². The molecule has 0 radical (unpaired) electrons. The highest BCUT2D eigenvalue weighted by Gasteiger charge is 2.14. The third-order valence-electron chi connectivity index (χ3n) is 8.88. The van der Waals surface area contributed by atoms with E-state index < -0.39 is 0 Å². The van der Waals surface area contributed by atoms with Crippen LogP contribution in [0.25, 0.3) is 83.1 Å². The Bertz CT molecular complexity index is 2340. The first-order valence-electron chi connectivity index (χ1n) is 14.4. The van der Waals surface area contributed by atoms with Crippen LogP contribution in [0.2, 0.25) is 0 Å². The van der Waals surface area contributed by atoms with Gasteiger partial charge in [0, 0.05) is 57.7 Å². The first kappa shape index (κ1) is 24.5. The molecule has 0 unspecified atom stereocenters. The Kier molecular flexibility index (Phi) is 5.45. The van der Waals surface area contributed by atoms with Gasteiger partial charge in [0.05, 0.1) is 0 Å². The highest BCUT2D eigenvalue weighted by molar-refractivity contribution is 6.10. The normalized spacial score (nSPS) is 11.7. The Balaban J connectivity index is 1.36. The molecule has 0 aliphatic carbocycles. The maximum absolute atomic E-state index is 4.00. The highest BCUT2D eigenvalue weighted by Crippen LogP contribution is 2.38. The fraction of sp³-hybridized carbons (Fsp3) is 0.0500. The van der Waals surface area contributed by atoms with Crippen molar-refractivity contribution in [1.29, 1.82) is 0 Å². The third kappa shape index (κ3) is 3.73. The first-order valence-corrected chi connectivity index (χ1v) is 14.4. The standard InChI is InChI=1S/C40H30N2/c1-4-26-10-9-11-27(20-26)30-21-31(28-17-19-39-36(24-28)34-13-6-8-15-38(34)41(39)2)23-32(22-30)29-16-18-35-33-12-5-7-14-37(33)42(3)40(35)25-29/h4-25H,1H2,2-3H3. The average molecular weight is 539 g/mol. The number of benzene rings is 6. The van der Waals surface area contributed by atoms with Crippen molar-refractivity contribution < 1.29 is 0 Å². The number of aromatic nitrogens is 2. The Morgan fingerprint density at radius 3 is 1.62 bits per heavy atom. The molecule has 0 spiro atoms. The van der Waals surface area contributed by atoms with Crippen LogP contribution in [0.4, 0.5) is 0 Å². The zero-order valence-corrected chi connectivity index (χ0v) is 23.8. The van der Waals surface area contributed by atoms with Gasteiger partial charge in [-0.25, -0.2) is 0 Å². The summed E-state index contributed by atoms with van der Waals surface area (Å²) in [6.07, 6.45) is 1.91. The lowest BCUT2D eigenvalue weighted by Crippen LogP contribution is -1.89. The molecule has 2 aromatic heterocycles. The van der Waals surface area contributed by atoms with Gasteiger partial charge < -0.3 is 9.13 Å². The molecule has 6 aromatic carbocycles. The molecule has 0 saturated heterocycles. The van der Waals surface area contributed by atoms with E-state index in [2.05, 4.69) is 157 Å². The second kappa shape index (κ2) is 9.36. The minimum Gasteiger partial charge on any atom is -0.344 e. The molecule has 200 valence electrons. The smallest absolute Gasteiger partial charge is 0.0494 e. The van der Waals surface area contributed by atoms with Crippen molar-refractivity contribution in [2.75, 3.05) is 0 Å². The summed E-state index contributed by atoms with van der Waals surface area (Å²) in [5.41, 5.74) is 13.3. The molecule has 2 nitrogen and oxygen atoms in total. The number of rotatable bonds is 4. The molecule has 0 N–H and O–H groups in total. The van der Waals surface area contributed by atoms with Crippen LogP contribution in [0.5, 0.6) is 0 Å². The molecule has 0 fully saturated rings. The van der Waals surface area contributed by atoms with Gasteiger partial charge in [0.1, 0.15) is 0 Å². The van der Waals surface area contributed by atoms with E-state index in [1.165, 1.54) is 77.0 Å². The van der Waals surface area contributed by atoms with Gasteiger partial charge in [-0.05, 0) is 93.5 Å². The molecule has 8 rings (SSSR count). The van der Waals surface area contributed by atoms with Gasteiger partial charge in [-0.2, -0.15) is 0 Å². The van der Waals surface area contributed by atoms with Crippen molar-refractivity contribution >= 4 is 49.7 Å². The number of aryl methyl sites for hydroxylation is 2. The van der Waals surface area contributed by atoms with Gasteiger partial charge in [0.2, 0.25) is 0 Å². The van der Waals surface area contributed by atoms with Crippen molar-refractivity contribution in [2.45, 2.75) is 0 Å². The second-order valence-electron chi connectivity index (χ2n) is 11.2. The van der Waals surface area contributed by atoms with Crippen LogP contribution >= 0.6 is 0 Å². The average Bonchev–Trinajstić information content (AvgIpc) is 3.51. The van der Waals surface area contributed by atoms with Gasteiger partial charge in [0.15, 0.2) is 0 Å². The molecular weight excluding hydrogens is 508 g/mol. The van der Waals surface area contributed by atoms with E-state index in [9.17, 15) is 0 Å². The van der Waals surface area contributed by atoms with Gasteiger partial charge >= 0.3 is 0 Å². The second-order valence-corrected chi connectivity index (χ2v) is 11.2. The maximum atomic E-state index is 4.00. The Labute approximate surface area is 245 Å². The van der Waals surface area contributed by atoms with E-state index in [0.29, 0.717) is 0 Å². The molecule has 0 saturated carbocycles. The quantitative estimate of drug-likeness (QED) is 0.211. The summed E-state index contributed by atoms with van der Waals surface area (Å²) in [5, 5.41) is 5.14. The van der Waals surface area contributed by atoms with Gasteiger partial charge in [-0.3, -0.25) is 0 Å². The number of para-hydroxylation sites is 2. The lowest BCUT2D eigenvalue weighted by Gasteiger charge is -2.13. The fourth-order valence-corrected chi connectivity index (χ4v) is 6.66. The summed E-state index contributed by atoms with van der Waals surface area (Å²) in [6.45, 7) is 4.00. The Hall–Kier alpha value is -5.34. The predicted molar refractivity (Wildman–Crippen MR) is 181 cm³/mol. The summed E-state index contributed by atoms with van der Waals surface area (Å²) in [6, 6.07) is 46.7. The Morgan fingerprint density at radius 1 is 0.405 bits per heavy atom. The van der Waals surface area contributed by atoms with Crippen molar-refractivity contribution in [1.82, 2.24) is 9.13 Å². The number of nitrogens with zero attached hydrogens (tertiary/aromatic N) is 2. The predicted octanol–water partition coefficient (Wildman–Crippen LogP) is 10.6. The molecule has 8 aromatic rings. The number of fused-ring (bicyclic) bond motifs is 6. The van der Waals surface area contributed by atoms with Gasteiger partial charge in [-0.1, -0.05) is 85.5 Å². The minimum atomic E-state index is 1.12. The highest BCUT2D eigenvalue weighted by atomic mass is 14.9. The maximum Gasteiger partial charge on any atom is 0.0494 e. The monoisotopic (exact) mass is 538 g/mol. The van der Waals surface area contributed by atoms with Gasteiger partial charge in [-0.15, -0.1) is 0 Å². The van der Waals surface area contributed by atoms with E-state index in [1.807, 2.05) is 6.08 Å². The molecular formula is C40H30N2. The number of hydrogen-bond acceptors (Lipinski definition) is 0. The molecule has 0 aliphatic heterocycles. The van der Waals surface area contributed by atoms with Crippen molar-refractivity contribution in [2.24, 2.45) is 14.1 Å². The zero-order chi connectivity index (χ0) is 28.4. The Morgan fingerprint density at radius 2 is 0.929 bits per heavy atom. The summed E-state index contributed by atoms with van der Waals surface area (Å²) in [4.78, 5) is 0. The first-order chi connectivity index (χ1) is 20.6.